The van der Waals surface area contributed by atoms with E-state index in [1.54, 1.807) is 12.1 Å². The molecular weight excluding hydrogens is 352 g/mol. The number of thiophene rings is 1. The molecule has 0 unspecified atom stereocenters. The van der Waals surface area contributed by atoms with Gasteiger partial charge in [0.1, 0.15) is 0 Å². The topological polar surface area (TPSA) is 82.3 Å². The second-order valence-corrected chi connectivity index (χ2v) is 6.57. The summed E-state index contributed by atoms with van der Waals surface area (Å²) in [5, 5.41) is 5.81. The zero-order valence-electron chi connectivity index (χ0n) is 14.3. The molecule has 7 heteroatoms. The van der Waals surface area contributed by atoms with Crippen LogP contribution in [-0.2, 0) is 22.4 Å². The molecule has 0 amide bonds. The van der Waals surface area contributed by atoms with Crippen LogP contribution in [0, 0.1) is 0 Å². The predicted molar refractivity (Wildman–Crippen MR) is 97.0 cm³/mol. The maximum atomic E-state index is 12.0. The number of aryl methyl sites for hydroxylation is 2. The van der Waals surface area contributed by atoms with Crippen LogP contribution in [-0.4, -0.2) is 28.5 Å². The van der Waals surface area contributed by atoms with Gasteiger partial charge in [0.25, 0.3) is 0 Å². The number of carbonyl (C=O) groups excluding carboxylic acids is 2. The number of Topliss-reactive ketones (excluding diaryl/α,β-unsaturated/α-hetero) is 1. The van der Waals surface area contributed by atoms with E-state index in [1.807, 2.05) is 36.6 Å². The van der Waals surface area contributed by atoms with Crippen molar-refractivity contribution in [1.29, 1.82) is 0 Å². The Hall–Kier alpha value is -2.80. The first-order valence-electron chi connectivity index (χ1n) is 8.30. The molecule has 0 aliphatic rings. The lowest BCUT2D eigenvalue weighted by Crippen LogP contribution is -2.14. The van der Waals surface area contributed by atoms with Crippen LogP contribution in [0.1, 0.15) is 35.2 Å². The number of ether oxygens (including phenoxy) is 1. The maximum absolute atomic E-state index is 12.0. The number of hydrogen-bond acceptors (Lipinski definition) is 7. The van der Waals surface area contributed by atoms with Gasteiger partial charge in [-0.3, -0.25) is 9.59 Å². The Morgan fingerprint density at radius 1 is 1.19 bits per heavy atom. The lowest BCUT2D eigenvalue weighted by atomic mass is 10.1. The molecule has 0 saturated carbocycles. The highest BCUT2D eigenvalue weighted by molar-refractivity contribution is 7.13. The summed E-state index contributed by atoms with van der Waals surface area (Å²) in [6.07, 6.45) is 1.26. The van der Waals surface area contributed by atoms with Crippen LogP contribution >= 0.6 is 11.3 Å². The van der Waals surface area contributed by atoms with Gasteiger partial charge in [0.05, 0.1) is 11.3 Å². The molecule has 1 aromatic carbocycles. The SMILES string of the molecule is CCc1ccc(C(=O)COC(=O)CCc2nc(-c3cccs3)no2)cc1. The van der Waals surface area contributed by atoms with Gasteiger partial charge >= 0.3 is 5.97 Å². The van der Waals surface area contributed by atoms with E-state index in [1.165, 1.54) is 11.3 Å². The van der Waals surface area contributed by atoms with Crippen LogP contribution in [0.4, 0.5) is 0 Å². The van der Waals surface area contributed by atoms with Gasteiger partial charge in [-0.1, -0.05) is 42.4 Å². The van der Waals surface area contributed by atoms with Crippen molar-refractivity contribution in [2.45, 2.75) is 26.2 Å². The van der Waals surface area contributed by atoms with Crippen molar-refractivity contribution in [3.05, 3.63) is 58.8 Å². The first-order valence-corrected chi connectivity index (χ1v) is 9.18. The number of ketones is 1. The number of aromatic nitrogens is 2. The van der Waals surface area contributed by atoms with Crippen LogP contribution in [0.5, 0.6) is 0 Å². The van der Waals surface area contributed by atoms with Crippen LogP contribution in [0.25, 0.3) is 10.7 Å². The number of rotatable bonds is 8. The fourth-order valence-electron chi connectivity index (χ4n) is 2.30. The zero-order valence-corrected chi connectivity index (χ0v) is 15.1. The molecule has 0 bridgehead atoms. The number of hydrogen-bond donors (Lipinski definition) is 0. The first-order chi connectivity index (χ1) is 12.7. The molecular formula is C19H18N2O4S. The Balaban J connectivity index is 1.44. The molecule has 2 aromatic heterocycles. The summed E-state index contributed by atoms with van der Waals surface area (Å²) >= 11 is 1.51. The van der Waals surface area contributed by atoms with E-state index < -0.39 is 5.97 Å². The van der Waals surface area contributed by atoms with Gasteiger partial charge in [0.2, 0.25) is 11.7 Å². The molecule has 134 valence electrons. The van der Waals surface area contributed by atoms with Crippen molar-refractivity contribution < 1.29 is 18.8 Å². The first kappa shape index (κ1) is 18.0. The van der Waals surface area contributed by atoms with E-state index in [0.29, 0.717) is 17.3 Å². The summed E-state index contributed by atoms with van der Waals surface area (Å²) in [6, 6.07) is 11.1. The highest BCUT2D eigenvalue weighted by Crippen LogP contribution is 2.21. The third-order valence-corrected chi connectivity index (χ3v) is 4.67. The molecule has 0 fully saturated rings. The molecule has 0 aliphatic carbocycles. The van der Waals surface area contributed by atoms with Crippen molar-refractivity contribution in [3.63, 3.8) is 0 Å². The fourth-order valence-corrected chi connectivity index (χ4v) is 2.95. The van der Waals surface area contributed by atoms with E-state index >= 15 is 0 Å². The molecule has 0 saturated heterocycles. The van der Waals surface area contributed by atoms with Crippen molar-refractivity contribution >= 4 is 23.1 Å². The van der Waals surface area contributed by atoms with Crippen LogP contribution in [0.3, 0.4) is 0 Å². The third-order valence-electron chi connectivity index (χ3n) is 3.80. The molecule has 2 heterocycles. The van der Waals surface area contributed by atoms with Gasteiger partial charge in [-0.05, 0) is 23.4 Å². The Bertz CT molecular complexity index is 869. The minimum atomic E-state index is -0.473. The normalized spacial score (nSPS) is 10.7. The van der Waals surface area contributed by atoms with Crippen molar-refractivity contribution in [3.8, 4) is 10.7 Å². The average molecular weight is 370 g/mol. The number of benzene rings is 1. The van der Waals surface area contributed by atoms with Gasteiger partial charge in [-0.2, -0.15) is 4.98 Å². The Kier molecular flexibility index (Phi) is 5.91. The average Bonchev–Trinajstić information content (AvgIpc) is 3.36. The second-order valence-electron chi connectivity index (χ2n) is 5.62. The lowest BCUT2D eigenvalue weighted by Gasteiger charge is -2.04. The molecule has 0 spiro atoms. The molecule has 6 nitrogen and oxygen atoms in total. The van der Waals surface area contributed by atoms with Crippen molar-refractivity contribution in [2.75, 3.05) is 6.61 Å². The Labute approximate surface area is 154 Å². The molecule has 0 atom stereocenters. The second kappa shape index (κ2) is 8.53. The highest BCUT2D eigenvalue weighted by Gasteiger charge is 2.13. The van der Waals surface area contributed by atoms with Gasteiger partial charge < -0.3 is 9.26 Å². The number of esters is 1. The molecule has 0 aliphatic heterocycles. The Morgan fingerprint density at radius 3 is 2.69 bits per heavy atom. The standard InChI is InChI=1S/C19H18N2O4S/c1-2-13-5-7-14(8-6-13)15(22)12-24-18(23)10-9-17-20-19(21-25-17)16-4-3-11-26-16/h3-8,11H,2,9-10,12H2,1H3. The minimum Gasteiger partial charge on any atom is -0.457 e. The summed E-state index contributed by atoms with van der Waals surface area (Å²) in [4.78, 5) is 29.0. The van der Waals surface area contributed by atoms with Crippen molar-refractivity contribution in [1.82, 2.24) is 10.1 Å². The number of nitrogens with zero attached hydrogens (tertiary/aromatic N) is 2. The number of carbonyl (C=O) groups is 2. The van der Waals surface area contributed by atoms with E-state index in [4.69, 9.17) is 9.26 Å². The van der Waals surface area contributed by atoms with Gasteiger partial charge in [0.15, 0.2) is 12.4 Å². The van der Waals surface area contributed by atoms with E-state index in [2.05, 4.69) is 10.1 Å². The molecule has 0 radical (unpaired) electrons. The van der Waals surface area contributed by atoms with Gasteiger partial charge in [-0.15, -0.1) is 11.3 Å². The smallest absolute Gasteiger partial charge is 0.306 e. The predicted octanol–water partition coefficient (Wildman–Crippen LogP) is 3.72. The Morgan fingerprint density at radius 2 is 2.00 bits per heavy atom. The zero-order chi connectivity index (χ0) is 18.4. The summed E-state index contributed by atoms with van der Waals surface area (Å²) < 4.78 is 10.2. The third kappa shape index (κ3) is 4.64. The highest BCUT2D eigenvalue weighted by atomic mass is 32.1. The van der Waals surface area contributed by atoms with E-state index in [0.717, 1.165) is 16.9 Å². The monoisotopic (exact) mass is 370 g/mol. The van der Waals surface area contributed by atoms with Gasteiger partial charge in [-0.25, -0.2) is 0 Å². The fraction of sp³-hybridized carbons (Fsp3) is 0.263. The maximum Gasteiger partial charge on any atom is 0.306 e. The van der Waals surface area contributed by atoms with Crippen LogP contribution in [0.2, 0.25) is 0 Å². The lowest BCUT2D eigenvalue weighted by molar-refractivity contribution is -0.142. The summed E-state index contributed by atoms with van der Waals surface area (Å²) in [7, 11) is 0. The minimum absolute atomic E-state index is 0.0775. The van der Waals surface area contributed by atoms with Crippen molar-refractivity contribution in [2.24, 2.45) is 0 Å². The van der Waals surface area contributed by atoms with Crippen LogP contribution < -0.4 is 0 Å². The van der Waals surface area contributed by atoms with Crippen LogP contribution in [0.15, 0.2) is 46.3 Å². The summed E-state index contributed by atoms with van der Waals surface area (Å²) in [5.74, 6) is 0.180. The molecule has 0 N–H and O–H groups in total. The quantitative estimate of drug-likeness (QED) is 0.444. The summed E-state index contributed by atoms with van der Waals surface area (Å²) in [5.41, 5.74) is 1.69. The molecule has 3 rings (SSSR count). The van der Waals surface area contributed by atoms with E-state index in [9.17, 15) is 9.59 Å². The molecule has 26 heavy (non-hydrogen) atoms. The van der Waals surface area contributed by atoms with E-state index in [-0.39, 0.29) is 25.2 Å². The summed E-state index contributed by atoms with van der Waals surface area (Å²) in [6.45, 7) is 1.78. The molecule has 3 aromatic rings. The largest absolute Gasteiger partial charge is 0.457 e. The van der Waals surface area contributed by atoms with Gasteiger partial charge in [0, 0.05) is 12.0 Å².